The third kappa shape index (κ3) is 3.32. The van der Waals surface area contributed by atoms with E-state index in [0.29, 0.717) is 17.3 Å². The Labute approximate surface area is 192 Å². The van der Waals surface area contributed by atoms with E-state index in [9.17, 15) is 18.0 Å². The number of alkyl halides is 3. The molecule has 2 aliphatic rings. The Kier molecular flexibility index (Phi) is 4.48. The molecule has 1 aliphatic carbocycles. The van der Waals surface area contributed by atoms with Gasteiger partial charge in [-0.25, -0.2) is 4.98 Å². The van der Waals surface area contributed by atoms with E-state index in [4.69, 9.17) is 0 Å². The van der Waals surface area contributed by atoms with E-state index in [-0.39, 0.29) is 23.6 Å². The molecule has 34 heavy (non-hydrogen) atoms. The molecule has 1 saturated carbocycles. The number of pyridine rings is 1. The second-order valence-electron chi connectivity index (χ2n) is 8.79. The largest absolute Gasteiger partial charge is 0.435 e. The van der Waals surface area contributed by atoms with E-state index >= 15 is 0 Å². The highest BCUT2D eigenvalue weighted by Gasteiger charge is 2.55. The fourth-order valence-electron chi connectivity index (χ4n) is 4.76. The van der Waals surface area contributed by atoms with Gasteiger partial charge in [-0.1, -0.05) is 6.07 Å². The minimum Gasteiger partial charge on any atom is -0.345 e. The first-order chi connectivity index (χ1) is 16.3. The van der Waals surface area contributed by atoms with Crippen molar-refractivity contribution in [1.29, 1.82) is 0 Å². The molecule has 7 nitrogen and oxygen atoms in total. The second kappa shape index (κ2) is 7.34. The summed E-state index contributed by atoms with van der Waals surface area (Å²) in [7, 11) is 0. The molecule has 2 unspecified atom stereocenters. The van der Waals surface area contributed by atoms with Gasteiger partial charge >= 0.3 is 6.18 Å². The first kappa shape index (κ1) is 20.8. The maximum atomic E-state index is 13.2. The summed E-state index contributed by atoms with van der Waals surface area (Å²) in [5.74, 6) is 0.356. The third-order valence-corrected chi connectivity index (χ3v) is 6.62. The molecule has 1 saturated heterocycles. The van der Waals surface area contributed by atoms with Crippen LogP contribution in [0.4, 0.5) is 18.9 Å². The summed E-state index contributed by atoms with van der Waals surface area (Å²) < 4.78 is 38.4. The predicted molar refractivity (Wildman–Crippen MR) is 118 cm³/mol. The highest BCUT2D eigenvalue weighted by molar-refractivity contribution is 6.04. The second-order valence-corrected chi connectivity index (χ2v) is 8.79. The number of imidazole rings is 1. The molecular formula is C24H19F3N6O. The van der Waals surface area contributed by atoms with Crippen molar-refractivity contribution >= 4 is 22.6 Å². The summed E-state index contributed by atoms with van der Waals surface area (Å²) in [6.45, 7) is 1.85. The molecule has 3 aromatic heterocycles. The van der Waals surface area contributed by atoms with E-state index in [1.165, 1.54) is 6.07 Å². The highest BCUT2D eigenvalue weighted by Crippen LogP contribution is 2.54. The number of carbonyl (C=O) groups is 1. The van der Waals surface area contributed by atoms with Crippen molar-refractivity contribution in [3.8, 4) is 11.4 Å². The lowest BCUT2D eigenvalue weighted by atomic mass is 9.78. The molecule has 1 aliphatic heterocycles. The summed E-state index contributed by atoms with van der Waals surface area (Å²) in [4.78, 5) is 27.0. The van der Waals surface area contributed by atoms with E-state index in [1.54, 1.807) is 17.3 Å². The van der Waals surface area contributed by atoms with Gasteiger partial charge in [0.05, 0.1) is 35.0 Å². The van der Waals surface area contributed by atoms with Crippen LogP contribution in [-0.4, -0.2) is 31.1 Å². The summed E-state index contributed by atoms with van der Waals surface area (Å²) >= 11 is 0. The monoisotopic (exact) mass is 464 g/mol. The molecule has 0 radical (unpaired) electrons. The van der Waals surface area contributed by atoms with E-state index < -0.39 is 11.9 Å². The minimum absolute atomic E-state index is 0.0967. The van der Waals surface area contributed by atoms with Crippen molar-refractivity contribution in [2.75, 3.05) is 4.90 Å². The van der Waals surface area contributed by atoms with Gasteiger partial charge in [0.25, 0.3) is 0 Å². The lowest BCUT2D eigenvalue weighted by molar-refractivity contribution is -0.141. The average molecular weight is 464 g/mol. The molecule has 172 valence electrons. The van der Waals surface area contributed by atoms with Gasteiger partial charge in [0, 0.05) is 11.4 Å². The molecule has 2 atom stereocenters. The zero-order chi connectivity index (χ0) is 23.6. The predicted octanol–water partition coefficient (Wildman–Crippen LogP) is 4.86. The zero-order valence-electron chi connectivity index (χ0n) is 18.0. The van der Waals surface area contributed by atoms with Crippen LogP contribution < -0.4 is 4.90 Å². The number of aryl methyl sites for hydroxylation is 1. The van der Waals surface area contributed by atoms with Crippen molar-refractivity contribution in [1.82, 2.24) is 25.1 Å². The number of nitrogens with zero attached hydrogens (tertiary/aromatic N) is 5. The van der Waals surface area contributed by atoms with Crippen molar-refractivity contribution in [3.63, 3.8) is 0 Å². The maximum Gasteiger partial charge on any atom is 0.435 e. The third-order valence-electron chi connectivity index (χ3n) is 6.62. The Morgan fingerprint density at radius 2 is 1.82 bits per heavy atom. The molecule has 4 heterocycles. The van der Waals surface area contributed by atoms with Crippen LogP contribution in [0.15, 0.2) is 48.8 Å². The fourth-order valence-corrected chi connectivity index (χ4v) is 4.76. The average Bonchev–Trinajstić information content (AvgIpc) is 3.52. The van der Waals surface area contributed by atoms with Gasteiger partial charge in [0.2, 0.25) is 5.91 Å². The van der Waals surface area contributed by atoms with E-state index in [1.807, 2.05) is 31.2 Å². The topological polar surface area (TPSA) is 87.7 Å². The number of benzene rings is 1. The summed E-state index contributed by atoms with van der Waals surface area (Å²) in [5, 5.41) is 7.00. The SMILES string of the molecule is Cc1nc(-c2ccc(C(F)(F)F)nn2)ccc1C1C(C2CC2)C(=O)N1c1ccc2[nH]cnc2c1. The molecule has 10 heteroatoms. The minimum atomic E-state index is -4.55. The Morgan fingerprint density at radius 3 is 2.50 bits per heavy atom. The van der Waals surface area contributed by atoms with Crippen LogP contribution in [0, 0.1) is 18.8 Å². The van der Waals surface area contributed by atoms with Gasteiger partial charge < -0.3 is 9.88 Å². The van der Waals surface area contributed by atoms with Gasteiger partial charge in [-0.2, -0.15) is 13.2 Å². The molecule has 0 bridgehead atoms. The number of hydrogen-bond acceptors (Lipinski definition) is 5. The highest BCUT2D eigenvalue weighted by atomic mass is 19.4. The van der Waals surface area contributed by atoms with Gasteiger partial charge in [-0.15, -0.1) is 10.2 Å². The molecule has 2 fully saturated rings. The number of carbonyl (C=O) groups excluding carboxylic acids is 1. The number of fused-ring (bicyclic) bond motifs is 1. The number of rotatable bonds is 4. The Morgan fingerprint density at radius 1 is 1.03 bits per heavy atom. The molecule has 0 spiro atoms. The fraction of sp³-hybridized carbons (Fsp3) is 0.292. The first-order valence-corrected chi connectivity index (χ1v) is 11.0. The van der Waals surface area contributed by atoms with Gasteiger partial charge in [-0.3, -0.25) is 9.78 Å². The van der Waals surface area contributed by atoms with Crippen LogP contribution in [0.3, 0.4) is 0 Å². The number of nitrogens with one attached hydrogen (secondary N) is 1. The van der Waals surface area contributed by atoms with Crippen LogP contribution in [0.1, 0.15) is 35.8 Å². The normalized spacial score (nSPS) is 20.6. The number of hydrogen-bond donors (Lipinski definition) is 1. The number of aromatic nitrogens is 5. The van der Waals surface area contributed by atoms with E-state index in [0.717, 1.165) is 41.2 Å². The smallest absolute Gasteiger partial charge is 0.345 e. The van der Waals surface area contributed by atoms with Gasteiger partial charge in [0.15, 0.2) is 5.69 Å². The van der Waals surface area contributed by atoms with Crippen molar-refractivity contribution in [2.45, 2.75) is 32.0 Å². The first-order valence-electron chi connectivity index (χ1n) is 11.0. The molecule has 4 aromatic rings. The van der Waals surface area contributed by atoms with Crippen molar-refractivity contribution in [3.05, 3.63) is 65.7 Å². The van der Waals surface area contributed by atoms with Crippen LogP contribution in [-0.2, 0) is 11.0 Å². The van der Waals surface area contributed by atoms with Crippen molar-refractivity contribution < 1.29 is 18.0 Å². The molecular weight excluding hydrogens is 445 g/mol. The Hall–Kier alpha value is -3.82. The summed E-state index contributed by atoms with van der Waals surface area (Å²) in [6.07, 6.45) is -0.862. The van der Waals surface area contributed by atoms with Crippen molar-refractivity contribution in [2.24, 2.45) is 11.8 Å². The molecule has 1 aromatic carbocycles. The summed E-state index contributed by atoms with van der Waals surface area (Å²) in [6, 6.07) is 11.3. The zero-order valence-corrected chi connectivity index (χ0v) is 18.0. The number of amides is 1. The number of β-lactam (4-membered cyclic amide) rings is 1. The van der Waals surface area contributed by atoms with Gasteiger partial charge in [-0.05, 0) is 67.6 Å². The standard InChI is InChI=1S/C24H19F3N6O/c1-12-15(5-7-17(30-12)18-8-9-20(32-31-18)24(25,26)27)22-21(13-2-3-13)23(34)33(22)14-4-6-16-19(10-14)29-11-28-16/h4-11,13,21-22H,2-3H2,1H3,(H,28,29). The number of aromatic amines is 1. The van der Waals surface area contributed by atoms with Crippen LogP contribution in [0.5, 0.6) is 0 Å². The summed E-state index contributed by atoms with van der Waals surface area (Å²) in [5.41, 5.74) is 3.72. The number of H-pyrrole nitrogens is 1. The number of anilines is 1. The molecule has 1 amide bonds. The van der Waals surface area contributed by atoms with E-state index in [2.05, 4.69) is 25.1 Å². The Bertz CT molecular complexity index is 1410. The van der Waals surface area contributed by atoms with Gasteiger partial charge in [0.1, 0.15) is 5.69 Å². The quantitative estimate of drug-likeness (QED) is 0.436. The molecule has 6 rings (SSSR count). The lowest BCUT2D eigenvalue weighted by Crippen LogP contribution is -2.56. The maximum absolute atomic E-state index is 13.2. The van der Waals surface area contributed by atoms with Crippen LogP contribution >= 0.6 is 0 Å². The molecule has 1 N–H and O–H groups in total. The lowest BCUT2D eigenvalue weighted by Gasteiger charge is -2.48. The number of halogens is 3. The van der Waals surface area contributed by atoms with Crippen LogP contribution in [0.2, 0.25) is 0 Å². The Balaban J connectivity index is 1.35. The van der Waals surface area contributed by atoms with Crippen LogP contribution in [0.25, 0.3) is 22.4 Å².